The molecule has 0 unspecified atom stereocenters. The van der Waals surface area contributed by atoms with E-state index in [2.05, 4.69) is 15.0 Å². The van der Waals surface area contributed by atoms with Crippen LogP contribution < -0.4 is 5.73 Å². The summed E-state index contributed by atoms with van der Waals surface area (Å²) in [5.41, 5.74) is 6.88. The quantitative estimate of drug-likeness (QED) is 0.712. The third-order valence-corrected chi connectivity index (χ3v) is 3.43. The van der Waals surface area contributed by atoms with Crippen LogP contribution in [0.3, 0.4) is 0 Å². The number of nitrogens with zero attached hydrogens (tertiary/aromatic N) is 3. The zero-order valence-electron chi connectivity index (χ0n) is 9.21. The van der Waals surface area contributed by atoms with E-state index in [9.17, 15) is 0 Å². The number of nitrogen functional groups attached to an aromatic ring is 1. The summed E-state index contributed by atoms with van der Waals surface area (Å²) in [5, 5.41) is 0.935. The van der Waals surface area contributed by atoms with Crippen molar-refractivity contribution in [3.63, 3.8) is 0 Å². The maximum atomic E-state index is 5.95. The lowest BCUT2D eigenvalue weighted by atomic mass is 10.2. The SMILES string of the molecule is Cc1cc2c(N)nc(-c3ccncc3)nc2s1. The van der Waals surface area contributed by atoms with Gasteiger partial charge in [-0.3, -0.25) is 4.98 Å². The summed E-state index contributed by atoms with van der Waals surface area (Å²) in [4.78, 5) is 15.0. The summed E-state index contributed by atoms with van der Waals surface area (Å²) in [7, 11) is 0. The van der Waals surface area contributed by atoms with Gasteiger partial charge in [0.2, 0.25) is 0 Å². The van der Waals surface area contributed by atoms with E-state index >= 15 is 0 Å². The highest BCUT2D eigenvalue weighted by Gasteiger charge is 2.09. The van der Waals surface area contributed by atoms with Crippen molar-refractivity contribution in [2.45, 2.75) is 6.92 Å². The highest BCUT2D eigenvalue weighted by molar-refractivity contribution is 7.18. The molecule has 0 aliphatic rings. The number of aryl methyl sites for hydroxylation is 1. The Morgan fingerprint density at radius 3 is 2.71 bits per heavy atom. The molecule has 0 aromatic carbocycles. The van der Waals surface area contributed by atoms with Crippen LogP contribution in [0, 0.1) is 6.92 Å². The molecule has 3 rings (SSSR count). The van der Waals surface area contributed by atoms with Gasteiger partial charge in [-0.25, -0.2) is 9.97 Å². The second-order valence-corrected chi connectivity index (χ2v) is 4.98. The molecule has 5 heteroatoms. The monoisotopic (exact) mass is 242 g/mol. The summed E-state index contributed by atoms with van der Waals surface area (Å²) in [6.45, 7) is 2.04. The molecular weight excluding hydrogens is 232 g/mol. The number of anilines is 1. The van der Waals surface area contributed by atoms with Gasteiger partial charge in [-0.05, 0) is 25.1 Å². The van der Waals surface area contributed by atoms with Crippen LogP contribution in [-0.2, 0) is 0 Å². The molecular formula is C12H10N4S. The van der Waals surface area contributed by atoms with E-state index < -0.39 is 0 Å². The van der Waals surface area contributed by atoms with E-state index in [1.165, 1.54) is 4.88 Å². The van der Waals surface area contributed by atoms with Crippen molar-refractivity contribution in [3.05, 3.63) is 35.5 Å². The molecule has 0 bridgehead atoms. The number of hydrogen-bond acceptors (Lipinski definition) is 5. The molecule has 84 valence electrons. The van der Waals surface area contributed by atoms with E-state index in [0.717, 1.165) is 15.8 Å². The Hall–Kier alpha value is -2.01. The Balaban J connectivity index is 2.25. The molecule has 0 fully saturated rings. The molecule has 3 heterocycles. The van der Waals surface area contributed by atoms with Gasteiger partial charge < -0.3 is 5.73 Å². The van der Waals surface area contributed by atoms with Gasteiger partial charge in [0.15, 0.2) is 5.82 Å². The molecule has 0 aliphatic carbocycles. The fourth-order valence-corrected chi connectivity index (χ4v) is 2.58. The Morgan fingerprint density at radius 1 is 1.18 bits per heavy atom. The third kappa shape index (κ3) is 1.74. The van der Waals surface area contributed by atoms with E-state index in [4.69, 9.17) is 5.73 Å². The van der Waals surface area contributed by atoms with E-state index in [1.807, 2.05) is 25.1 Å². The number of rotatable bonds is 1. The highest BCUT2D eigenvalue weighted by atomic mass is 32.1. The summed E-state index contributed by atoms with van der Waals surface area (Å²) >= 11 is 1.63. The zero-order chi connectivity index (χ0) is 11.8. The minimum Gasteiger partial charge on any atom is -0.383 e. The Bertz CT molecular complexity index is 676. The average Bonchev–Trinajstić information content (AvgIpc) is 2.71. The molecule has 0 amide bonds. The van der Waals surface area contributed by atoms with Crippen molar-refractivity contribution in [2.24, 2.45) is 0 Å². The van der Waals surface area contributed by atoms with Crippen LogP contribution in [0.5, 0.6) is 0 Å². The lowest BCUT2D eigenvalue weighted by Crippen LogP contribution is -1.95. The third-order valence-electron chi connectivity index (χ3n) is 2.48. The number of pyridine rings is 1. The first kappa shape index (κ1) is 10.2. The average molecular weight is 242 g/mol. The van der Waals surface area contributed by atoms with Gasteiger partial charge in [-0.2, -0.15) is 0 Å². The molecule has 0 saturated heterocycles. The first-order valence-electron chi connectivity index (χ1n) is 5.18. The van der Waals surface area contributed by atoms with Crippen molar-refractivity contribution >= 4 is 27.4 Å². The second kappa shape index (κ2) is 3.78. The standard InChI is InChI=1S/C12H10N4S/c1-7-6-9-10(13)15-11(16-12(9)17-7)8-2-4-14-5-3-8/h2-6H,1H3,(H2,13,15,16). The van der Waals surface area contributed by atoms with Gasteiger partial charge in [-0.15, -0.1) is 11.3 Å². The maximum Gasteiger partial charge on any atom is 0.163 e. The number of thiophene rings is 1. The summed E-state index contributed by atoms with van der Waals surface area (Å²) < 4.78 is 0. The Labute approximate surface area is 102 Å². The normalized spacial score (nSPS) is 10.9. The maximum absolute atomic E-state index is 5.95. The van der Waals surface area contributed by atoms with Gasteiger partial charge in [0.05, 0.1) is 5.39 Å². The van der Waals surface area contributed by atoms with Crippen LogP contribution in [0.25, 0.3) is 21.6 Å². The van der Waals surface area contributed by atoms with Crippen LogP contribution in [0.1, 0.15) is 4.88 Å². The van der Waals surface area contributed by atoms with Crippen molar-refractivity contribution < 1.29 is 0 Å². The van der Waals surface area contributed by atoms with Gasteiger partial charge in [0.1, 0.15) is 10.6 Å². The molecule has 0 spiro atoms. The molecule has 17 heavy (non-hydrogen) atoms. The number of nitrogens with two attached hydrogens (primary N) is 1. The molecule has 3 aromatic rings. The van der Waals surface area contributed by atoms with Crippen molar-refractivity contribution in [1.29, 1.82) is 0 Å². The minimum absolute atomic E-state index is 0.533. The van der Waals surface area contributed by atoms with Gasteiger partial charge in [-0.1, -0.05) is 0 Å². The first-order valence-corrected chi connectivity index (χ1v) is 6.00. The minimum atomic E-state index is 0.533. The number of fused-ring (bicyclic) bond motifs is 1. The first-order chi connectivity index (χ1) is 8.24. The van der Waals surface area contributed by atoms with Crippen molar-refractivity contribution in [3.8, 4) is 11.4 Å². The highest BCUT2D eigenvalue weighted by Crippen LogP contribution is 2.29. The van der Waals surface area contributed by atoms with Crippen LogP contribution in [0.2, 0.25) is 0 Å². The largest absolute Gasteiger partial charge is 0.383 e. The van der Waals surface area contributed by atoms with Gasteiger partial charge in [0, 0.05) is 22.8 Å². The van der Waals surface area contributed by atoms with Crippen LogP contribution in [0.4, 0.5) is 5.82 Å². The van der Waals surface area contributed by atoms with Crippen LogP contribution in [0.15, 0.2) is 30.6 Å². The molecule has 2 N–H and O–H groups in total. The predicted molar refractivity (Wildman–Crippen MR) is 69.8 cm³/mol. The topological polar surface area (TPSA) is 64.7 Å². The second-order valence-electron chi connectivity index (χ2n) is 3.74. The summed E-state index contributed by atoms with van der Waals surface area (Å²) in [6.07, 6.45) is 3.44. The summed E-state index contributed by atoms with van der Waals surface area (Å²) in [5.74, 6) is 1.19. The molecule has 0 aliphatic heterocycles. The zero-order valence-corrected chi connectivity index (χ0v) is 10.0. The number of aromatic nitrogens is 3. The molecule has 3 aromatic heterocycles. The van der Waals surface area contributed by atoms with Crippen molar-refractivity contribution in [1.82, 2.24) is 15.0 Å². The lowest BCUT2D eigenvalue weighted by molar-refractivity contribution is 1.23. The van der Waals surface area contributed by atoms with Gasteiger partial charge in [0.25, 0.3) is 0 Å². The Kier molecular flexibility index (Phi) is 2.26. The van der Waals surface area contributed by atoms with Crippen molar-refractivity contribution in [2.75, 3.05) is 5.73 Å². The molecule has 4 nitrogen and oxygen atoms in total. The molecule has 0 saturated carbocycles. The van der Waals surface area contributed by atoms with E-state index in [-0.39, 0.29) is 0 Å². The van der Waals surface area contributed by atoms with E-state index in [0.29, 0.717) is 11.6 Å². The fourth-order valence-electron chi connectivity index (χ4n) is 1.69. The van der Waals surface area contributed by atoms with Crippen LogP contribution >= 0.6 is 11.3 Å². The summed E-state index contributed by atoms with van der Waals surface area (Å²) in [6, 6.07) is 5.77. The van der Waals surface area contributed by atoms with E-state index in [1.54, 1.807) is 23.7 Å². The fraction of sp³-hybridized carbons (Fsp3) is 0.0833. The number of hydrogen-bond donors (Lipinski definition) is 1. The van der Waals surface area contributed by atoms with Gasteiger partial charge >= 0.3 is 0 Å². The molecule has 0 radical (unpaired) electrons. The predicted octanol–water partition coefficient (Wildman–Crippen LogP) is 2.64. The Morgan fingerprint density at radius 2 is 1.94 bits per heavy atom. The lowest BCUT2D eigenvalue weighted by Gasteiger charge is -2.01. The van der Waals surface area contributed by atoms with Crippen LogP contribution in [-0.4, -0.2) is 15.0 Å². The molecule has 0 atom stereocenters. The smallest absolute Gasteiger partial charge is 0.163 e.